The third-order valence-electron chi connectivity index (χ3n) is 4.08. The van der Waals surface area contributed by atoms with Crippen molar-refractivity contribution in [1.29, 1.82) is 0 Å². The molecule has 1 aliphatic carbocycles. The summed E-state index contributed by atoms with van der Waals surface area (Å²) in [5.74, 6) is 3.03. The molecule has 1 N–H and O–H groups in total. The van der Waals surface area contributed by atoms with Crippen molar-refractivity contribution in [3.05, 3.63) is 11.7 Å². The second kappa shape index (κ2) is 5.17. The second-order valence-corrected chi connectivity index (χ2v) is 5.44. The molecule has 0 radical (unpaired) electrons. The summed E-state index contributed by atoms with van der Waals surface area (Å²) in [5.41, 5.74) is 0. The summed E-state index contributed by atoms with van der Waals surface area (Å²) in [6, 6.07) is 0. The summed E-state index contributed by atoms with van der Waals surface area (Å²) >= 11 is 0. The minimum absolute atomic E-state index is 0.463. The van der Waals surface area contributed by atoms with Crippen molar-refractivity contribution in [2.75, 3.05) is 13.1 Å². The van der Waals surface area contributed by atoms with Crippen LogP contribution in [0, 0.1) is 5.92 Å². The summed E-state index contributed by atoms with van der Waals surface area (Å²) in [7, 11) is 0. The van der Waals surface area contributed by atoms with Crippen LogP contribution in [-0.4, -0.2) is 23.2 Å². The largest absolute Gasteiger partial charge is 0.339 e. The Morgan fingerprint density at radius 1 is 1.18 bits per heavy atom. The van der Waals surface area contributed by atoms with Crippen molar-refractivity contribution in [1.82, 2.24) is 15.5 Å². The SMILES string of the molecule is C1CCC(Cc2nc(C3CCCNC3)no2)C1. The minimum Gasteiger partial charge on any atom is -0.339 e. The van der Waals surface area contributed by atoms with Crippen LogP contribution in [0.1, 0.15) is 56.2 Å². The van der Waals surface area contributed by atoms with Gasteiger partial charge >= 0.3 is 0 Å². The molecule has 2 fully saturated rings. The Kier molecular flexibility index (Phi) is 3.41. The molecule has 1 saturated carbocycles. The van der Waals surface area contributed by atoms with Crippen LogP contribution in [0.15, 0.2) is 4.52 Å². The lowest BCUT2D eigenvalue weighted by Gasteiger charge is -2.19. The van der Waals surface area contributed by atoms with Gasteiger partial charge in [-0.1, -0.05) is 18.0 Å². The van der Waals surface area contributed by atoms with Crippen LogP contribution in [0.3, 0.4) is 0 Å². The first-order valence-corrected chi connectivity index (χ1v) is 6.95. The fourth-order valence-electron chi connectivity index (χ4n) is 3.05. The molecular weight excluding hydrogens is 214 g/mol. The van der Waals surface area contributed by atoms with E-state index in [9.17, 15) is 0 Å². The number of hydrogen-bond donors (Lipinski definition) is 1. The fraction of sp³-hybridized carbons (Fsp3) is 0.846. The van der Waals surface area contributed by atoms with Gasteiger partial charge in [-0.15, -0.1) is 0 Å². The molecule has 2 heterocycles. The van der Waals surface area contributed by atoms with E-state index in [0.717, 1.165) is 37.1 Å². The third kappa shape index (κ3) is 2.68. The van der Waals surface area contributed by atoms with Crippen molar-refractivity contribution in [3.63, 3.8) is 0 Å². The Labute approximate surface area is 102 Å². The fourth-order valence-corrected chi connectivity index (χ4v) is 3.05. The van der Waals surface area contributed by atoms with Crippen LogP contribution in [0.4, 0.5) is 0 Å². The summed E-state index contributed by atoms with van der Waals surface area (Å²) < 4.78 is 5.39. The zero-order valence-corrected chi connectivity index (χ0v) is 10.3. The van der Waals surface area contributed by atoms with E-state index in [4.69, 9.17) is 4.52 Å². The van der Waals surface area contributed by atoms with E-state index < -0.39 is 0 Å². The normalized spacial score (nSPS) is 26.5. The van der Waals surface area contributed by atoms with Gasteiger partial charge in [0, 0.05) is 18.9 Å². The molecule has 0 amide bonds. The van der Waals surface area contributed by atoms with Gasteiger partial charge in [-0.05, 0) is 38.1 Å². The summed E-state index contributed by atoms with van der Waals surface area (Å²) in [4.78, 5) is 4.58. The maximum atomic E-state index is 5.39. The molecule has 4 heteroatoms. The monoisotopic (exact) mass is 235 g/mol. The first-order valence-electron chi connectivity index (χ1n) is 6.95. The molecule has 2 aliphatic rings. The van der Waals surface area contributed by atoms with E-state index in [0.29, 0.717) is 5.92 Å². The first-order chi connectivity index (χ1) is 8.42. The van der Waals surface area contributed by atoms with Crippen LogP contribution in [-0.2, 0) is 6.42 Å². The van der Waals surface area contributed by atoms with Gasteiger partial charge in [0.1, 0.15) is 0 Å². The van der Waals surface area contributed by atoms with E-state index in [1.165, 1.54) is 38.5 Å². The molecule has 1 atom stereocenters. The highest BCUT2D eigenvalue weighted by Gasteiger charge is 2.23. The molecule has 1 aromatic heterocycles. The topological polar surface area (TPSA) is 51.0 Å². The quantitative estimate of drug-likeness (QED) is 0.873. The van der Waals surface area contributed by atoms with Crippen molar-refractivity contribution in [3.8, 4) is 0 Å². The van der Waals surface area contributed by atoms with Gasteiger partial charge in [0.15, 0.2) is 5.82 Å². The Balaban J connectivity index is 1.60. The predicted molar refractivity (Wildman–Crippen MR) is 64.8 cm³/mol. The van der Waals surface area contributed by atoms with Gasteiger partial charge in [0.05, 0.1) is 0 Å². The molecule has 17 heavy (non-hydrogen) atoms. The maximum absolute atomic E-state index is 5.39. The highest BCUT2D eigenvalue weighted by molar-refractivity contribution is 4.98. The summed E-state index contributed by atoms with van der Waals surface area (Å²) in [6.45, 7) is 2.13. The second-order valence-electron chi connectivity index (χ2n) is 5.44. The van der Waals surface area contributed by atoms with Gasteiger partial charge in [0.2, 0.25) is 5.89 Å². The summed E-state index contributed by atoms with van der Waals surface area (Å²) in [5, 5.41) is 7.55. The standard InChI is InChI=1S/C13H21N3O/c1-2-5-10(4-1)8-12-15-13(16-17-12)11-6-3-7-14-9-11/h10-11,14H,1-9H2. The van der Waals surface area contributed by atoms with E-state index in [1.54, 1.807) is 0 Å². The molecule has 0 spiro atoms. The Bertz CT molecular complexity index is 351. The molecule has 0 bridgehead atoms. The number of hydrogen-bond acceptors (Lipinski definition) is 4. The Morgan fingerprint density at radius 3 is 2.82 bits per heavy atom. The highest BCUT2D eigenvalue weighted by Crippen LogP contribution is 2.28. The molecule has 1 saturated heterocycles. The molecule has 1 unspecified atom stereocenters. The van der Waals surface area contributed by atoms with Crippen molar-refractivity contribution >= 4 is 0 Å². The molecule has 1 aliphatic heterocycles. The number of nitrogens with zero attached hydrogens (tertiary/aromatic N) is 2. The molecule has 4 nitrogen and oxygen atoms in total. The average Bonchev–Trinajstić information content (AvgIpc) is 3.02. The van der Waals surface area contributed by atoms with Gasteiger partial charge in [-0.3, -0.25) is 0 Å². The molecule has 0 aromatic carbocycles. The van der Waals surface area contributed by atoms with E-state index in [-0.39, 0.29) is 0 Å². The molecule has 94 valence electrons. The van der Waals surface area contributed by atoms with E-state index >= 15 is 0 Å². The van der Waals surface area contributed by atoms with Crippen LogP contribution in [0.2, 0.25) is 0 Å². The Morgan fingerprint density at radius 2 is 2.06 bits per heavy atom. The van der Waals surface area contributed by atoms with Gasteiger partial charge < -0.3 is 9.84 Å². The van der Waals surface area contributed by atoms with Crippen molar-refractivity contribution < 1.29 is 4.52 Å². The highest BCUT2D eigenvalue weighted by atomic mass is 16.5. The zero-order valence-electron chi connectivity index (χ0n) is 10.3. The lowest BCUT2D eigenvalue weighted by atomic mass is 9.99. The number of piperidine rings is 1. The lowest BCUT2D eigenvalue weighted by Crippen LogP contribution is -2.28. The number of nitrogens with one attached hydrogen (secondary N) is 1. The molecule has 1 aromatic rings. The van der Waals surface area contributed by atoms with Crippen molar-refractivity contribution in [2.45, 2.75) is 50.9 Å². The lowest BCUT2D eigenvalue weighted by molar-refractivity contribution is 0.343. The van der Waals surface area contributed by atoms with Gasteiger partial charge in [0.25, 0.3) is 0 Å². The van der Waals surface area contributed by atoms with Crippen molar-refractivity contribution in [2.24, 2.45) is 5.92 Å². The first kappa shape index (κ1) is 11.2. The van der Waals surface area contributed by atoms with Crippen LogP contribution < -0.4 is 5.32 Å². The third-order valence-corrected chi connectivity index (χ3v) is 4.08. The molecular formula is C13H21N3O. The zero-order chi connectivity index (χ0) is 11.5. The average molecular weight is 235 g/mol. The Hall–Kier alpha value is -0.900. The minimum atomic E-state index is 0.463. The summed E-state index contributed by atoms with van der Waals surface area (Å²) in [6.07, 6.45) is 8.82. The van der Waals surface area contributed by atoms with Crippen LogP contribution in [0.25, 0.3) is 0 Å². The number of aromatic nitrogens is 2. The van der Waals surface area contributed by atoms with E-state index in [2.05, 4.69) is 15.5 Å². The van der Waals surface area contributed by atoms with E-state index in [1.807, 2.05) is 0 Å². The smallest absolute Gasteiger partial charge is 0.226 e. The van der Waals surface area contributed by atoms with Crippen LogP contribution >= 0.6 is 0 Å². The molecule has 3 rings (SSSR count). The van der Waals surface area contributed by atoms with Gasteiger partial charge in [-0.25, -0.2) is 0 Å². The number of rotatable bonds is 3. The van der Waals surface area contributed by atoms with Gasteiger partial charge in [-0.2, -0.15) is 4.98 Å². The predicted octanol–water partition coefficient (Wildman–Crippen LogP) is 2.27. The van der Waals surface area contributed by atoms with Crippen LogP contribution in [0.5, 0.6) is 0 Å². The maximum Gasteiger partial charge on any atom is 0.226 e.